The predicted molar refractivity (Wildman–Crippen MR) is 100 cm³/mol. The molecule has 138 valence electrons. The minimum absolute atomic E-state index is 0.0328. The summed E-state index contributed by atoms with van der Waals surface area (Å²) in [5.74, 6) is -2.54. The van der Waals surface area contributed by atoms with E-state index >= 15 is 0 Å². The molecule has 0 spiro atoms. The average Bonchev–Trinajstić information content (AvgIpc) is 2.89. The highest BCUT2D eigenvalue weighted by atomic mass is 32.2. The molecule has 0 fully saturated rings. The summed E-state index contributed by atoms with van der Waals surface area (Å²) in [6.45, 7) is 1.95. The molecule has 0 bridgehead atoms. The number of imide groups is 1. The first-order valence-corrected chi connectivity index (χ1v) is 9.24. The highest BCUT2D eigenvalue weighted by Crippen LogP contribution is 2.22. The van der Waals surface area contributed by atoms with Gasteiger partial charge >= 0.3 is 5.97 Å². The lowest BCUT2D eigenvalue weighted by Gasteiger charge is -2.12. The molecule has 1 heterocycles. The first-order chi connectivity index (χ1) is 13.0. The molecule has 0 unspecified atom stereocenters. The summed E-state index contributed by atoms with van der Waals surface area (Å²) in [5, 5.41) is 3.17. The van der Waals surface area contributed by atoms with Crippen LogP contribution in [0.15, 0.2) is 48.5 Å². The van der Waals surface area contributed by atoms with Crippen LogP contribution in [0.4, 0.5) is 5.69 Å². The topological polar surface area (TPSA) is 92.8 Å². The number of carbonyl (C=O) groups excluding carboxylic acids is 4. The minimum atomic E-state index is -0.780. The molecule has 2 aromatic carbocycles. The molecule has 1 aliphatic rings. The zero-order valence-corrected chi connectivity index (χ0v) is 15.2. The van der Waals surface area contributed by atoms with Crippen molar-refractivity contribution in [1.29, 1.82) is 0 Å². The second-order valence-corrected chi connectivity index (χ2v) is 6.81. The lowest BCUT2D eigenvalue weighted by atomic mass is 10.1. The number of hydrogen-bond donors (Lipinski definition) is 1. The molecule has 0 radical (unpaired) electrons. The maximum atomic E-state index is 12.1. The number of nitrogens with one attached hydrogen (secondary N) is 1. The Bertz CT molecular complexity index is 876. The molecule has 0 saturated carbocycles. The number of hydrogen-bond acceptors (Lipinski definition) is 6. The van der Waals surface area contributed by atoms with E-state index in [4.69, 9.17) is 4.84 Å². The number of anilines is 1. The fourth-order valence-electron chi connectivity index (χ4n) is 2.44. The van der Waals surface area contributed by atoms with Gasteiger partial charge in [-0.05, 0) is 31.2 Å². The van der Waals surface area contributed by atoms with Gasteiger partial charge in [0.25, 0.3) is 11.8 Å². The molecule has 0 aromatic heterocycles. The lowest BCUT2D eigenvalue weighted by Crippen LogP contribution is -2.33. The predicted octanol–water partition coefficient (Wildman–Crippen LogP) is 2.42. The summed E-state index contributed by atoms with van der Waals surface area (Å²) < 4.78 is 0. The van der Waals surface area contributed by atoms with Gasteiger partial charge in [-0.1, -0.05) is 34.9 Å². The Morgan fingerprint density at radius 1 is 0.963 bits per heavy atom. The van der Waals surface area contributed by atoms with Gasteiger partial charge in [-0.15, -0.1) is 11.8 Å². The first kappa shape index (κ1) is 18.7. The molecule has 1 aliphatic heterocycles. The summed E-state index contributed by atoms with van der Waals surface area (Å²) in [6.07, 6.45) is 0. The number of thioether (sulfide) groups is 1. The summed E-state index contributed by atoms with van der Waals surface area (Å²) in [7, 11) is 0. The third kappa shape index (κ3) is 4.35. The van der Waals surface area contributed by atoms with Crippen molar-refractivity contribution in [3.05, 3.63) is 65.2 Å². The summed E-state index contributed by atoms with van der Waals surface area (Å²) in [4.78, 5) is 52.9. The second-order valence-electron chi connectivity index (χ2n) is 5.82. The van der Waals surface area contributed by atoms with E-state index in [-0.39, 0.29) is 28.5 Å². The Kier molecular flexibility index (Phi) is 5.56. The standard InChI is InChI=1S/C19H16N2O5S/c1-12-6-8-13(9-7-12)20-16(22)10-27-11-17(23)26-21-18(24)14-4-2-3-5-15(14)19(21)25/h2-9H,10-11H2,1H3,(H,20,22). The van der Waals surface area contributed by atoms with E-state index in [9.17, 15) is 19.2 Å². The van der Waals surface area contributed by atoms with Crippen LogP contribution in [0.5, 0.6) is 0 Å². The van der Waals surface area contributed by atoms with Crippen molar-refractivity contribution in [2.45, 2.75) is 6.92 Å². The number of carbonyl (C=O) groups is 4. The number of rotatable bonds is 6. The van der Waals surface area contributed by atoms with Crippen LogP contribution in [0.1, 0.15) is 26.3 Å². The normalized spacial score (nSPS) is 12.7. The molecule has 0 atom stereocenters. The molecular weight excluding hydrogens is 368 g/mol. The average molecular weight is 384 g/mol. The number of benzene rings is 2. The second kappa shape index (κ2) is 8.05. The van der Waals surface area contributed by atoms with Gasteiger partial charge in [-0.2, -0.15) is 0 Å². The largest absolute Gasteiger partial charge is 0.343 e. The third-order valence-electron chi connectivity index (χ3n) is 3.74. The van der Waals surface area contributed by atoms with E-state index in [0.29, 0.717) is 10.8 Å². The monoisotopic (exact) mass is 384 g/mol. The van der Waals surface area contributed by atoms with Gasteiger partial charge in [-0.25, -0.2) is 4.79 Å². The Morgan fingerprint density at radius 3 is 2.15 bits per heavy atom. The number of aryl methyl sites for hydroxylation is 1. The van der Waals surface area contributed by atoms with Crippen molar-refractivity contribution in [1.82, 2.24) is 5.06 Å². The number of nitrogens with zero attached hydrogens (tertiary/aromatic N) is 1. The van der Waals surface area contributed by atoms with E-state index < -0.39 is 17.8 Å². The van der Waals surface area contributed by atoms with Gasteiger partial charge in [0.1, 0.15) is 0 Å². The molecule has 2 aromatic rings. The van der Waals surface area contributed by atoms with Crippen LogP contribution in [0.3, 0.4) is 0 Å². The molecule has 7 nitrogen and oxygen atoms in total. The molecule has 27 heavy (non-hydrogen) atoms. The van der Waals surface area contributed by atoms with Gasteiger partial charge in [-0.3, -0.25) is 14.4 Å². The maximum Gasteiger partial charge on any atom is 0.343 e. The van der Waals surface area contributed by atoms with Gasteiger partial charge in [0.05, 0.1) is 22.6 Å². The quantitative estimate of drug-likeness (QED) is 0.769. The SMILES string of the molecule is Cc1ccc(NC(=O)CSCC(=O)ON2C(=O)c3ccccc3C2=O)cc1. The van der Waals surface area contributed by atoms with Crippen LogP contribution in [-0.4, -0.2) is 40.3 Å². The highest BCUT2D eigenvalue weighted by molar-refractivity contribution is 8.00. The van der Waals surface area contributed by atoms with Crippen molar-refractivity contribution in [2.24, 2.45) is 0 Å². The zero-order chi connectivity index (χ0) is 19.4. The third-order valence-corrected chi connectivity index (χ3v) is 4.64. The Morgan fingerprint density at radius 2 is 1.56 bits per heavy atom. The van der Waals surface area contributed by atoms with Crippen LogP contribution in [0.25, 0.3) is 0 Å². The van der Waals surface area contributed by atoms with Crippen molar-refractivity contribution >= 4 is 41.1 Å². The zero-order valence-electron chi connectivity index (χ0n) is 14.4. The van der Waals surface area contributed by atoms with Crippen LogP contribution in [0.2, 0.25) is 0 Å². The van der Waals surface area contributed by atoms with Crippen LogP contribution < -0.4 is 5.32 Å². The van der Waals surface area contributed by atoms with Crippen molar-refractivity contribution in [3.63, 3.8) is 0 Å². The molecule has 3 rings (SSSR count). The lowest BCUT2D eigenvalue weighted by molar-refractivity contribution is -0.165. The van der Waals surface area contributed by atoms with Gasteiger partial charge in [0, 0.05) is 5.69 Å². The molecule has 0 aliphatic carbocycles. The fourth-order valence-corrected chi connectivity index (χ4v) is 3.02. The number of amides is 3. The molecule has 0 saturated heterocycles. The van der Waals surface area contributed by atoms with Crippen LogP contribution >= 0.6 is 11.8 Å². The van der Waals surface area contributed by atoms with E-state index in [1.807, 2.05) is 19.1 Å². The van der Waals surface area contributed by atoms with E-state index in [0.717, 1.165) is 17.3 Å². The van der Waals surface area contributed by atoms with E-state index in [1.54, 1.807) is 24.3 Å². The van der Waals surface area contributed by atoms with Crippen molar-refractivity contribution in [3.8, 4) is 0 Å². The Hall–Kier alpha value is -3.13. The Labute approximate surface area is 159 Å². The molecule has 8 heteroatoms. The van der Waals surface area contributed by atoms with E-state index in [1.165, 1.54) is 12.1 Å². The first-order valence-electron chi connectivity index (χ1n) is 8.08. The number of hydroxylamine groups is 2. The number of fused-ring (bicyclic) bond motifs is 1. The van der Waals surface area contributed by atoms with Crippen molar-refractivity contribution in [2.75, 3.05) is 16.8 Å². The minimum Gasteiger partial charge on any atom is -0.329 e. The van der Waals surface area contributed by atoms with Gasteiger partial charge in [0.2, 0.25) is 5.91 Å². The summed E-state index contributed by atoms with van der Waals surface area (Å²) in [5.41, 5.74) is 2.14. The molecule has 3 amide bonds. The smallest absolute Gasteiger partial charge is 0.329 e. The van der Waals surface area contributed by atoms with Gasteiger partial charge < -0.3 is 10.2 Å². The summed E-state index contributed by atoms with van der Waals surface area (Å²) >= 11 is 1.03. The fraction of sp³-hybridized carbons (Fsp3) is 0.158. The molecular formula is C19H16N2O5S. The van der Waals surface area contributed by atoms with Crippen LogP contribution in [0, 0.1) is 6.92 Å². The van der Waals surface area contributed by atoms with Crippen LogP contribution in [-0.2, 0) is 14.4 Å². The highest BCUT2D eigenvalue weighted by Gasteiger charge is 2.38. The van der Waals surface area contributed by atoms with Gasteiger partial charge in [0.15, 0.2) is 0 Å². The maximum absolute atomic E-state index is 12.1. The van der Waals surface area contributed by atoms with E-state index in [2.05, 4.69) is 5.32 Å². The van der Waals surface area contributed by atoms with Crippen molar-refractivity contribution < 1.29 is 24.0 Å². The molecule has 1 N–H and O–H groups in total. The summed E-state index contributed by atoms with van der Waals surface area (Å²) in [6, 6.07) is 13.6. The Balaban J connectivity index is 1.45.